The molecule has 0 atom stereocenters. The molecule has 0 amide bonds. The summed E-state index contributed by atoms with van der Waals surface area (Å²) >= 11 is 6.08. The third-order valence-corrected chi connectivity index (χ3v) is 3.06. The van der Waals surface area contributed by atoms with Crippen LogP contribution >= 0.6 is 11.6 Å². The molecule has 0 saturated heterocycles. The lowest BCUT2D eigenvalue weighted by Gasteiger charge is -2.11. The summed E-state index contributed by atoms with van der Waals surface area (Å²) in [6.07, 6.45) is 0.830. The van der Waals surface area contributed by atoms with E-state index in [2.05, 4.69) is 0 Å². The van der Waals surface area contributed by atoms with E-state index in [9.17, 15) is 4.79 Å². The highest BCUT2D eigenvalue weighted by atomic mass is 35.5. The molecule has 0 spiro atoms. The van der Waals surface area contributed by atoms with Gasteiger partial charge in [-0.2, -0.15) is 5.26 Å². The highest BCUT2D eigenvalue weighted by Gasteiger charge is 2.13. The summed E-state index contributed by atoms with van der Waals surface area (Å²) in [5, 5.41) is 10.0. The number of benzene rings is 1. The van der Waals surface area contributed by atoms with Gasteiger partial charge in [0, 0.05) is 11.9 Å². The number of aromatic nitrogens is 1. The lowest BCUT2D eigenvalue weighted by molar-refractivity contribution is 0.677. The maximum absolute atomic E-state index is 12.1. The van der Waals surface area contributed by atoms with Crippen molar-refractivity contribution in [3.8, 4) is 6.07 Å². The Hall–Kier alpha value is -1.79. The van der Waals surface area contributed by atoms with E-state index in [1.807, 2.05) is 37.3 Å². The van der Waals surface area contributed by atoms with Crippen LogP contribution in [0.3, 0.4) is 0 Å². The molecule has 17 heavy (non-hydrogen) atoms. The van der Waals surface area contributed by atoms with Crippen LogP contribution in [0, 0.1) is 11.3 Å². The third kappa shape index (κ3) is 1.81. The van der Waals surface area contributed by atoms with Crippen molar-refractivity contribution in [1.82, 2.24) is 4.57 Å². The quantitative estimate of drug-likeness (QED) is 0.818. The lowest BCUT2D eigenvalue weighted by Crippen LogP contribution is -2.23. The van der Waals surface area contributed by atoms with E-state index >= 15 is 0 Å². The Kier molecular flexibility index (Phi) is 3.16. The molecule has 0 radical (unpaired) electrons. The second-order valence-corrected chi connectivity index (χ2v) is 4.15. The second kappa shape index (κ2) is 4.60. The molecule has 0 aliphatic carbocycles. The largest absolute Gasteiger partial charge is 0.307 e. The Morgan fingerprint density at radius 2 is 2.12 bits per heavy atom. The van der Waals surface area contributed by atoms with Crippen LogP contribution in [0.5, 0.6) is 0 Å². The Balaban J connectivity index is 2.97. The van der Waals surface area contributed by atoms with Crippen molar-refractivity contribution in [3.63, 3.8) is 0 Å². The number of nitriles is 1. The molecule has 0 saturated carbocycles. The van der Waals surface area contributed by atoms with Crippen molar-refractivity contribution in [2.24, 2.45) is 0 Å². The fourth-order valence-electron chi connectivity index (χ4n) is 1.91. The van der Waals surface area contributed by atoms with Crippen molar-refractivity contribution >= 4 is 22.5 Å². The van der Waals surface area contributed by atoms with Gasteiger partial charge in [-0.05, 0) is 12.5 Å². The van der Waals surface area contributed by atoms with Crippen molar-refractivity contribution in [1.29, 1.82) is 5.26 Å². The fourth-order valence-corrected chi connectivity index (χ4v) is 2.19. The molecule has 0 fully saturated rings. The summed E-state index contributed by atoms with van der Waals surface area (Å²) < 4.78 is 1.61. The highest BCUT2D eigenvalue weighted by Crippen LogP contribution is 2.24. The van der Waals surface area contributed by atoms with E-state index in [-0.39, 0.29) is 16.1 Å². The molecule has 0 N–H and O–H groups in total. The van der Waals surface area contributed by atoms with Gasteiger partial charge in [-0.3, -0.25) is 4.79 Å². The molecule has 0 aliphatic rings. The van der Waals surface area contributed by atoms with Crippen molar-refractivity contribution < 1.29 is 0 Å². The Morgan fingerprint density at radius 1 is 1.41 bits per heavy atom. The molecule has 0 unspecified atom stereocenters. The Labute approximate surface area is 104 Å². The van der Waals surface area contributed by atoms with Gasteiger partial charge in [-0.15, -0.1) is 0 Å². The number of aryl methyl sites for hydroxylation is 1. The van der Waals surface area contributed by atoms with E-state index in [1.54, 1.807) is 4.57 Å². The molecular weight excluding hydrogens is 236 g/mol. The zero-order chi connectivity index (χ0) is 12.4. The van der Waals surface area contributed by atoms with E-state index in [0.717, 1.165) is 17.3 Å². The highest BCUT2D eigenvalue weighted by molar-refractivity contribution is 6.36. The predicted molar refractivity (Wildman–Crippen MR) is 68.2 cm³/mol. The number of fused-ring (bicyclic) bond motifs is 1. The summed E-state index contributed by atoms with van der Waals surface area (Å²) in [5.74, 6) is 0. The smallest absolute Gasteiger partial charge is 0.270 e. The van der Waals surface area contributed by atoms with Crippen molar-refractivity contribution in [2.75, 3.05) is 0 Å². The number of halogens is 1. The number of rotatable bonds is 2. The summed E-state index contributed by atoms with van der Waals surface area (Å²) in [6, 6.07) is 9.26. The van der Waals surface area contributed by atoms with Gasteiger partial charge >= 0.3 is 0 Å². The number of para-hydroxylation sites is 1. The fraction of sp³-hybridized carbons (Fsp3) is 0.231. The molecule has 4 heteroatoms. The molecule has 0 aliphatic heterocycles. The van der Waals surface area contributed by atoms with Crippen LogP contribution in [0.1, 0.15) is 18.9 Å². The van der Waals surface area contributed by atoms with E-state index in [1.165, 1.54) is 0 Å². The first-order chi connectivity index (χ1) is 8.20. The average molecular weight is 247 g/mol. The molecule has 86 valence electrons. The number of hydrogen-bond acceptors (Lipinski definition) is 2. The van der Waals surface area contributed by atoms with E-state index in [0.29, 0.717) is 6.54 Å². The number of nitrogens with zero attached hydrogens (tertiary/aromatic N) is 2. The molecule has 3 nitrogen and oxygen atoms in total. The second-order valence-electron chi connectivity index (χ2n) is 3.77. The number of hydrogen-bond donors (Lipinski definition) is 0. The minimum atomic E-state index is -0.307. The van der Waals surface area contributed by atoms with E-state index < -0.39 is 0 Å². The Bertz CT molecular complexity index is 667. The molecule has 2 rings (SSSR count). The van der Waals surface area contributed by atoms with Crippen LogP contribution in [0.4, 0.5) is 0 Å². The van der Waals surface area contributed by atoms with Gasteiger partial charge in [-0.25, -0.2) is 0 Å². The number of pyridine rings is 1. The first-order valence-corrected chi connectivity index (χ1v) is 5.79. The zero-order valence-electron chi connectivity index (χ0n) is 9.40. The van der Waals surface area contributed by atoms with Gasteiger partial charge in [0.05, 0.1) is 10.5 Å². The van der Waals surface area contributed by atoms with Gasteiger partial charge in [0.15, 0.2) is 0 Å². The van der Waals surface area contributed by atoms with Crippen molar-refractivity contribution in [2.45, 2.75) is 19.9 Å². The summed E-state index contributed by atoms with van der Waals surface area (Å²) in [5.41, 5.74) is 0.500. The van der Waals surface area contributed by atoms with Crippen LogP contribution in [0.25, 0.3) is 10.9 Å². The zero-order valence-corrected chi connectivity index (χ0v) is 10.2. The third-order valence-electron chi connectivity index (χ3n) is 2.67. The summed E-state index contributed by atoms with van der Waals surface area (Å²) in [6.45, 7) is 2.58. The monoisotopic (exact) mass is 246 g/mol. The standard InChI is InChI=1S/C13H11ClN2O/c1-2-7-16-11-6-4-3-5-9(11)12(14)10(8-15)13(16)17/h3-6H,2,7H2,1H3. The van der Waals surface area contributed by atoms with Crippen LogP contribution in [-0.4, -0.2) is 4.57 Å². The molecule has 1 aromatic heterocycles. The van der Waals surface area contributed by atoms with Crippen LogP contribution in [0.15, 0.2) is 29.1 Å². The Morgan fingerprint density at radius 3 is 2.76 bits per heavy atom. The SMILES string of the molecule is CCCn1c(=O)c(C#N)c(Cl)c2ccccc21. The topological polar surface area (TPSA) is 45.8 Å². The molecule has 1 aromatic carbocycles. The lowest BCUT2D eigenvalue weighted by atomic mass is 10.1. The van der Waals surface area contributed by atoms with Gasteiger partial charge in [-0.1, -0.05) is 36.7 Å². The van der Waals surface area contributed by atoms with E-state index in [4.69, 9.17) is 16.9 Å². The van der Waals surface area contributed by atoms with Gasteiger partial charge < -0.3 is 4.57 Å². The maximum Gasteiger partial charge on any atom is 0.270 e. The minimum Gasteiger partial charge on any atom is -0.307 e. The first kappa shape index (κ1) is 11.7. The summed E-state index contributed by atoms with van der Waals surface area (Å²) in [4.78, 5) is 12.1. The van der Waals surface area contributed by atoms with Crippen LogP contribution in [-0.2, 0) is 6.54 Å². The first-order valence-electron chi connectivity index (χ1n) is 5.41. The van der Waals surface area contributed by atoms with Gasteiger partial charge in [0.2, 0.25) is 0 Å². The average Bonchev–Trinajstić information content (AvgIpc) is 2.35. The van der Waals surface area contributed by atoms with Gasteiger partial charge in [0.25, 0.3) is 5.56 Å². The molecule has 2 aromatic rings. The summed E-state index contributed by atoms with van der Waals surface area (Å²) in [7, 11) is 0. The molecule has 1 heterocycles. The van der Waals surface area contributed by atoms with Crippen LogP contribution < -0.4 is 5.56 Å². The normalized spacial score (nSPS) is 10.4. The predicted octanol–water partition coefficient (Wildman–Crippen LogP) is 2.94. The van der Waals surface area contributed by atoms with Crippen LogP contribution in [0.2, 0.25) is 5.02 Å². The molecule has 0 bridgehead atoms. The van der Waals surface area contributed by atoms with Gasteiger partial charge in [0.1, 0.15) is 11.6 Å². The molecular formula is C13H11ClN2O. The maximum atomic E-state index is 12.1. The van der Waals surface area contributed by atoms with Crippen molar-refractivity contribution in [3.05, 3.63) is 45.2 Å². The minimum absolute atomic E-state index is 0.0267.